The topological polar surface area (TPSA) is 103 Å². The summed E-state index contributed by atoms with van der Waals surface area (Å²) in [4.78, 5) is 12.8. The smallest absolute Gasteiger partial charge is 0.254 e. The fourth-order valence-corrected chi connectivity index (χ4v) is 2.17. The van der Waals surface area contributed by atoms with Crippen LogP contribution in [0.5, 0.6) is 0 Å². The van der Waals surface area contributed by atoms with Crippen molar-refractivity contribution in [3.05, 3.63) is 29.8 Å². The van der Waals surface area contributed by atoms with E-state index in [-0.39, 0.29) is 6.04 Å². The number of nitrogens with zero attached hydrogens (tertiary/aromatic N) is 6. The summed E-state index contributed by atoms with van der Waals surface area (Å²) in [6.07, 6.45) is 2.25. The first-order chi connectivity index (χ1) is 10.7. The minimum absolute atomic E-state index is 0.0948. The Kier molecular flexibility index (Phi) is 3.96. The molecule has 0 radical (unpaired) electrons. The van der Waals surface area contributed by atoms with Crippen LogP contribution in [0.3, 0.4) is 0 Å². The number of aryl methyl sites for hydroxylation is 1. The lowest BCUT2D eigenvalue weighted by molar-refractivity contribution is 0.181. The predicted molar refractivity (Wildman–Crippen MR) is 77.2 cm³/mol. The van der Waals surface area contributed by atoms with Crippen LogP contribution in [0.4, 0.5) is 5.82 Å². The van der Waals surface area contributed by atoms with Gasteiger partial charge in [0, 0.05) is 20.1 Å². The van der Waals surface area contributed by atoms with Crippen molar-refractivity contribution in [2.75, 3.05) is 12.4 Å². The largest absolute Gasteiger partial charge is 0.378 e. The van der Waals surface area contributed by atoms with E-state index >= 15 is 0 Å². The van der Waals surface area contributed by atoms with Crippen LogP contribution in [-0.4, -0.2) is 36.8 Å². The van der Waals surface area contributed by atoms with Gasteiger partial charge >= 0.3 is 0 Å². The van der Waals surface area contributed by atoms with Crippen molar-refractivity contribution in [2.24, 2.45) is 0 Å². The van der Waals surface area contributed by atoms with Gasteiger partial charge in [0.2, 0.25) is 5.89 Å². The number of methoxy groups -OCH3 is 1. The monoisotopic (exact) mass is 303 g/mol. The van der Waals surface area contributed by atoms with Gasteiger partial charge in [0.1, 0.15) is 12.1 Å². The van der Waals surface area contributed by atoms with Gasteiger partial charge in [0.05, 0.1) is 18.3 Å². The van der Waals surface area contributed by atoms with Crippen molar-refractivity contribution in [3.63, 3.8) is 0 Å². The molecule has 22 heavy (non-hydrogen) atoms. The van der Waals surface area contributed by atoms with E-state index in [1.807, 2.05) is 13.0 Å². The zero-order valence-corrected chi connectivity index (χ0v) is 12.6. The average molecular weight is 303 g/mol. The first kappa shape index (κ1) is 14.4. The molecule has 0 aromatic carbocycles. The highest BCUT2D eigenvalue weighted by molar-refractivity contribution is 5.46. The third-order valence-electron chi connectivity index (χ3n) is 3.18. The van der Waals surface area contributed by atoms with Crippen LogP contribution in [0.15, 0.2) is 16.9 Å². The van der Waals surface area contributed by atoms with Crippen LogP contribution in [0.1, 0.15) is 36.8 Å². The van der Waals surface area contributed by atoms with Crippen molar-refractivity contribution < 1.29 is 9.26 Å². The van der Waals surface area contributed by atoms with Crippen molar-refractivity contribution in [1.82, 2.24) is 29.7 Å². The first-order valence-corrected chi connectivity index (χ1v) is 6.96. The summed E-state index contributed by atoms with van der Waals surface area (Å²) in [5.41, 5.74) is 0.768. The third-order valence-corrected chi connectivity index (χ3v) is 3.18. The van der Waals surface area contributed by atoms with E-state index in [2.05, 4.69) is 30.5 Å². The lowest BCUT2D eigenvalue weighted by Crippen LogP contribution is -2.15. The molecule has 0 saturated carbocycles. The molecule has 0 saturated heterocycles. The second kappa shape index (κ2) is 6.06. The quantitative estimate of drug-likeness (QED) is 0.731. The minimum atomic E-state index is -0.0948. The lowest BCUT2D eigenvalue weighted by atomic mass is 10.2. The number of hydrogen-bond donors (Lipinski definition) is 1. The third kappa shape index (κ3) is 2.75. The number of anilines is 1. The number of rotatable bonds is 6. The second-order valence-electron chi connectivity index (χ2n) is 4.81. The number of hydrogen-bond acceptors (Lipinski definition) is 8. The van der Waals surface area contributed by atoms with Crippen molar-refractivity contribution in [3.8, 4) is 0 Å². The Hall–Kier alpha value is -2.55. The van der Waals surface area contributed by atoms with Crippen LogP contribution < -0.4 is 5.32 Å². The molecule has 0 amide bonds. The second-order valence-corrected chi connectivity index (χ2v) is 4.81. The van der Waals surface area contributed by atoms with Gasteiger partial charge in [-0.3, -0.25) is 0 Å². The Morgan fingerprint density at radius 3 is 2.95 bits per heavy atom. The molecule has 0 spiro atoms. The number of ether oxygens (including phenoxy) is 1. The summed E-state index contributed by atoms with van der Waals surface area (Å²) in [6.45, 7) is 4.21. The predicted octanol–water partition coefficient (Wildman–Crippen LogP) is 1.53. The van der Waals surface area contributed by atoms with Crippen molar-refractivity contribution in [1.29, 1.82) is 0 Å². The Labute approximate surface area is 126 Å². The van der Waals surface area contributed by atoms with Crippen LogP contribution >= 0.6 is 0 Å². The van der Waals surface area contributed by atoms with Crippen molar-refractivity contribution >= 4 is 11.6 Å². The fraction of sp³-hybridized carbons (Fsp3) is 0.462. The molecule has 1 N–H and O–H groups in total. The summed E-state index contributed by atoms with van der Waals surface area (Å²) in [5.74, 6) is 2.41. The van der Waals surface area contributed by atoms with E-state index in [4.69, 9.17) is 9.26 Å². The van der Waals surface area contributed by atoms with Crippen LogP contribution in [0.25, 0.3) is 5.78 Å². The minimum Gasteiger partial charge on any atom is -0.378 e. The first-order valence-electron chi connectivity index (χ1n) is 6.96. The van der Waals surface area contributed by atoms with E-state index < -0.39 is 0 Å². The average Bonchev–Trinajstić information content (AvgIpc) is 3.13. The Morgan fingerprint density at radius 2 is 2.27 bits per heavy atom. The Balaban J connectivity index is 1.95. The van der Waals surface area contributed by atoms with Crippen molar-refractivity contribution in [2.45, 2.75) is 32.9 Å². The zero-order chi connectivity index (χ0) is 15.5. The molecule has 0 aliphatic heterocycles. The summed E-state index contributed by atoms with van der Waals surface area (Å²) in [6, 6.07) is 1.78. The molecule has 3 heterocycles. The summed E-state index contributed by atoms with van der Waals surface area (Å²) in [5, 5.41) is 11.5. The van der Waals surface area contributed by atoms with Gasteiger partial charge in [-0.15, -0.1) is 0 Å². The molecular formula is C13H17N7O2. The number of nitrogens with one attached hydrogen (secondary N) is 1. The molecule has 116 valence electrons. The fourth-order valence-electron chi connectivity index (χ4n) is 2.17. The molecule has 1 atom stereocenters. The maximum Gasteiger partial charge on any atom is 0.254 e. The van der Waals surface area contributed by atoms with Crippen LogP contribution in [-0.2, 0) is 11.3 Å². The van der Waals surface area contributed by atoms with E-state index in [0.29, 0.717) is 24.1 Å². The van der Waals surface area contributed by atoms with Gasteiger partial charge in [-0.25, -0.2) is 4.98 Å². The molecule has 3 aromatic heterocycles. The number of aromatic nitrogens is 6. The standard InChI is InChI=1S/C13H17N7O2/c1-4-10(12-16-8(2)22-19-12)18-11-5-9(6-21-3)17-13-14-7-15-20(11)13/h5,7,10,18H,4,6H2,1-3H3. The Bertz CT molecular complexity index is 767. The molecular weight excluding hydrogens is 286 g/mol. The SMILES string of the molecule is CCC(Nc1cc(COC)nc2ncnn12)c1noc(C)n1. The summed E-state index contributed by atoms with van der Waals surface area (Å²) >= 11 is 0. The van der Waals surface area contributed by atoms with E-state index in [9.17, 15) is 0 Å². The normalized spacial score (nSPS) is 12.7. The highest BCUT2D eigenvalue weighted by Crippen LogP contribution is 2.21. The van der Waals surface area contributed by atoms with Gasteiger partial charge in [0.25, 0.3) is 5.78 Å². The molecule has 1 unspecified atom stereocenters. The molecule has 3 rings (SSSR count). The molecule has 0 fully saturated rings. The van der Waals surface area contributed by atoms with Gasteiger partial charge in [0.15, 0.2) is 5.82 Å². The molecule has 9 heteroatoms. The molecule has 0 aliphatic carbocycles. The van der Waals surface area contributed by atoms with Gasteiger partial charge in [-0.05, 0) is 6.42 Å². The molecule has 9 nitrogen and oxygen atoms in total. The maximum atomic E-state index is 5.14. The number of fused-ring (bicyclic) bond motifs is 1. The highest BCUT2D eigenvalue weighted by Gasteiger charge is 2.18. The molecule has 3 aromatic rings. The molecule has 0 aliphatic rings. The zero-order valence-electron chi connectivity index (χ0n) is 12.6. The Morgan fingerprint density at radius 1 is 1.41 bits per heavy atom. The lowest BCUT2D eigenvalue weighted by Gasteiger charge is -2.15. The molecule has 0 bridgehead atoms. The maximum absolute atomic E-state index is 5.14. The van der Waals surface area contributed by atoms with Gasteiger partial charge in [-0.1, -0.05) is 12.1 Å². The van der Waals surface area contributed by atoms with Gasteiger partial charge < -0.3 is 14.6 Å². The summed E-state index contributed by atoms with van der Waals surface area (Å²) in [7, 11) is 1.62. The van der Waals surface area contributed by atoms with Crippen LogP contribution in [0.2, 0.25) is 0 Å². The van der Waals surface area contributed by atoms with Crippen LogP contribution in [0, 0.1) is 6.92 Å². The van der Waals surface area contributed by atoms with E-state index in [0.717, 1.165) is 17.9 Å². The summed E-state index contributed by atoms with van der Waals surface area (Å²) < 4.78 is 11.8. The van der Waals surface area contributed by atoms with Gasteiger partial charge in [-0.2, -0.15) is 19.6 Å². The van der Waals surface area contributed by atoms with E-state index in [1.54, 1.807) is 18.5 Å². The van der Waals surface area contributed by atoms with E-state index in [1.165, 1.54) is 6.33 Å². The highest BCUT2D eigenvalue weighted by atomic mass is 16.5.